The van der Waals surface area contributed by atoms with Crippen molar-refractivity contribution in [3.8, 4) is 0 Å². The Morgan fingerprint density at radius 1 is 1.24 bits per heavy atom. The van der Waals surface area contributed by atoms with Crippen LogP contribution in [0.1, 0.15) is 16.8 Å². The van der Waals surface area contributed by atoms with Crippen LogP contribution in [-0.4, -0.2) is 61.1 Å². The number of carboxylic acids is 1. The second kappa shape index (κ2) is 7.99. The molecule has 0 unspecified atom stereocenters. The maximum Gasteiger partial charge on any atom is 0.337 e. The number of anilines is 1. The first-order valence-electron chi connectivity index (χ1n) is 6.51. The van der Waals surface area contributed by atoms with Crippen LogP contribution in [0.2, 0.25) is 0 Å². The van der Waals surface area contributed by atoms with E-state index in [0.29, 0.717) is 11.0 Å². The number of carbonyl (C=O) groups excluding carboxylic acids is 1. The van der Waals surface area contributed by atoms with Crippen LogP contribution in [0.5, 0.6) is 0 Å². The lowest BCUT2D eigenvalue weighted by molar-refractivity contribution is 0.0698. The van der Waals surface area contributed by atoms with E-state index in [1.54, 1.807) is 19.2 Å². The van der Waals surface area contributed by atoms with Gasteiger partial charge in [0, 0.05) is 18.1 Å². The summed E-state index contributed by atoms with van der Waals surface area (Å²) in [6.45, 7) is 1.48. The van der Waals surface area contributed by atoms with Crippen LogP contribution in [0, 0.1) is 0 Å². The maximum absolute atomic E-state index is 12.1. The average Bonchev–Trinajstić information content (AvgIpc) is 2.40. The number of nitrogens with zero attached hydrogens (tertiary/aromatic N) is 2. The minimum Gasteiger partial charge on any atom is -0.478 e. The quantitative estimate of drug-likeness (QED) is 0.820. The third-order valence-electron chi connectivity index (χ3n) is 2.92. The van der Waals surface area contributed by atoms with Gasteiger partial charge in [-0.3, -0.25) is 0 Å². The summed E-state index contributed by atoms with van der Waals surface area (Å²) in [5.74, 6) is -1.08. The van der Waals surface area contributed by atoms with Gasteiger partial charge in [0.15, 0.2) is 0 Å². The Morgan fingerprint density at radius 2 is 1.90 bits per heavy atom. The number of hydrogen-bond acceptors (Lipinski definition) is 3. The lowest BCUT2D eigenvalue weighted by atomic mass is 10.2. The maximum atomic E-state index is 12.1. The van der Waals surface area contributed by atoms with Crippen molar-refractivity contribution in [1.82, 2.24) is 9.80 Å². The highest BCUT2D eigenvalue weighted by Crippen LogP contribution is 2.26. The van der Waals surface area contributed by atoms with Crippen molar-refractivity contribution < 1.29 is 14.7 Å². The van der Waals surface area contributed by atoms with Gasteiger partial charge in [0.2, 0.25) is 0 Å². The zero-order valence-electron chi connectivity index (χ0n) is 12.4. The van der Waals surface area contributed by atoms with Gasteiger partial charge in [0.25, 0.3) is 0 Å². The summed E-state index contributed by atoms with van der Waals surface area (Å²) in [5, 5.41) is 11.8. The fourth-order valence-electron chi connectivity index (χ4n) is 1.76. The van der Waals surface area contributed by atoms with Crippen molar-refractivity contribution in [2.75, 3.05) is 39.5 Å². The van der Waals surface area contributed by atoms with E-state index in [1.165, 1.54) is 11.0 Å². The fourth-order valence-corrected chi connectivity index (χ4v) is 2.22. The second-order valence-corrected chi connectivity index (χ2v) is 5.83. The Kier molecular flexibility index (Phi) is 6.64. The standard InChI is InChI=1S/C14H20BrN3O3/c1-17(2)8-5-9-18(3)14(21)16-12-10(13(19)20)6-4-7-11(12)15/h4,6-7H,5,8-9H2,1-3H3,(H,16,21)(H,19,20). The molecule has 1 aromatic carbocycles. The van der Waals surface area contributed by atoms with Crippen molar-refractivity contribution in [2.24, 2.45) is 0 Å². The monoisotopic (exact) mass is 357 g/mol. The number of hydrogen-bond donors (Lipinski definition) is 2. The molecule has 116 valence electrons. The summed E-state index contributed by atoms with van der Waals surface area (Å²) in [4.78, 5) is 26.9. The Bertz CT molecular complexity index is 520. The Labute approximate surface area is 132 Å². The van der Waals surface area contributed by atoms with Gasteiger partial charge in [-0.25, -0.2) is 9.59 Å². The van der Waals surface area contributed by atoms with E-state index in [1.807, 2.05) is 19.0 Å². The highest BCUT2D eigenvalue weighted by molar-refractivity contribution is 9.10. The first-order chi connectivity index (χ1) is 9.82. The molecule has 6 nitrogen and oxygen atoms in total. The summed E-state index contributed by atoms with van der Waals surface area (Å²) >= 11 is 3.26. The topological polar surface area (TPSA) is 72.9 Å². The van der Waals surface area contributed by atoms with Crippen molar-refractivity contribution >= 4 is 33.6 Å². The predicted octanol–water partition coefficient (Wildman–Crippen LogP) is 2.56. The number of nitrogens with one attached hydrogen (secondary N) is 1. The van der Waals surface area contributed by atoms with Gasteiger partial charge >= 0.3 is 12.0 Å². The first kappa shape index (κ1) is 17.5. The molecule has 0 saturated heterocycles. The largest absolute Gasteiger partial charge is 0.478 e. The van der Waals surface area contributed by atoms with Crippen LogP contribution < -0.4 is 5.32 Å². The van der Waals surface area contributed by atoms with Gasteiger partial charge in [0.05, 0.1) is 11.3 Å². The zero-order chi connectivity index (χ0) is 16.0. The van der Waals surface area contributed by atoms with E-state index >= 15 is 0 Å². The molecule has 0 aliphatic rings. The third kappa shape index (κ3) is 5.35. The van der Waals surface area contributed by atoms with Crippen molar-refractivity contribution in [3.63, 3.8) is 0 Å². The number of aromatic carboxylic acids is 1. The van der Waals surface area contributed by atoms with Gasteiger partial charge in [-0.15, -0.1) is 0 Å². The lowest BCUT2D eigenvalue weighted by Gasteiger charge is -2.20. The lowest BCUT2D eigenvalue weighted by Crippen LogP contribution is -2.34. The van der Waals surface area contributed by atoms with Gasteiger partial charge in [0.1, 0.15) is 0 Å². The van der Waals surface area contributed by atoms with E-state index in [2.05, 4.69) is 21.2 Å². The highest BCUT2D eigenvalue weighted by atomic mass is 79.9. The fraction of sp³-hybridized carbons (Fsp3) is 0.429. The predicted molar refractivity (Wildman–Crippen MR) is 85.9 cm³/mol. The van der Waals surface area contributed by atoms with Crippen LogP contribution in [-0.2, 0) is 0 Å². The van der Waals surface area contributed by atoms with E-state index in [9.17, 15) is 9.59 Å². The van der Waals surface area contributed by atoms with Gasteiger partial charge in [-0.2, -0.15) is 0 Å². The number of carbonyl (C=O) groups is 2. The number of amides is 2. The molecule has 7 heteroatoms. The third-order valence-corrected chi connectivity index (χ3v) is 3.58. The van der Waals surface area contributed by atoms with Gasteiger partial charge < -0.3 is 20.2 Å². The molecule has 1 rings (SSSR count). The van der Waals surface area contributed by atoms with Crippen molar-refractivity contribution in [2.45, 2.75) is 6.42 Å². The SMILES string of the molecule is CN(C)CCCN(C)C(=O)Nc1c(Br)cccc1C(=O)O. The molecular formula is C14H20BrN3O3. The molecule has 2 amide bonds. The smallest absolute Gasteiger partial charge is 0.337 e. The minimum atomic E-state index is -1.08. The Morgan fingerprint density at radius 3 is 2.48 bits per heavy atom. The molecule has 1 aromatic rings. The number of carboxylic acid groups (broad SMARTS) is 1. The number of benzene rings is 1. The number of urea groups is 1. The highest BCUT2D eigenvalue weighted by Gasteiger charge is 2.17. The van der Waals surface area contributed by atoms with E-state index in [0.717, 1.165) is 13.0 Å². The Balaban J connectivity index is 2.72. The molecule has 0 heterocycles. The van der Waals surface area contributed by atoms with Crippen LogP contribution in [0.15, 0.2) is 22.7 Å². The molecule has 21 heavy (non-hydrogen) atoms. The van der Waals surface area contributed by atoms with Crippen LogP contribution in [0.3, 0.4) is 0 Å². The second-order valence-electron chi connectivity index (χ2n) is 4.98. The molecule has 0 aliphatic heterocycles. The Hall–Kier alpha value is -1.60. The molecule has 0 atom stereocenters. The first-order valence-corrected chi connectivity index (χ1v) is 7.31. The zero-order valence-corrected chi connectivity index (χ0v) is 14.0. The van der Waals surface area contributed by atoms with Crippen LogP contribution >= 0.6 is 15.9 Å². The normalized spacial score (nSPS) is 10.5. The van der Waals surface area contributed by atoms with Gasteiger partial charge in [-0.05, 0) is 55.1 Å². The number of para-hydroxylation sites is 1. The summed E-state index contributed by atoms with van der Waals surface area (Å²) in [6.07, 6.45) is 0.846. The molecular weight excluding hydrogens is 338 g/mol. The molecule has 0 bridgehead atoms. The average molecular weight is 358 g/mol. The molecule has 2 N–H and O–H groups in total. The molecule has 0 saturated carbocycles. The summed E-state index contributed by atoms with van der Waals surface area (Å²) < 4.78 is 0.539. The van der Waals surface area contributed by atoms with Gasteiger partial charge in [-0.1, -0.05) is 6.07 Å². The van der Waals surface area contributed by atoms with E-state index < -0.39 is 5.97 Å². The molecule has 0 aliphatic carbocycles. The van der Waals surface area contributed by atoms with Crippen molar-refractivity contribution in [3.05, 3.63) is 28.2 Å². The molecule has 0 spiro atoms. The number of halogens is 1. The molecule has 0 aromatic heterocycles. The summed E-state index contributed by atoms with van der Waals surface area (Å²) in [6, 6.07) is 4.43. The van der Waals surface area contributed by atoms with Crippen LogP contribution in [0.4, 0.5) is 10.5 Å². The molecule has 0 radical (unpaired) electrons. The van der Waals surface area contributed by atoms with E-state index in [4.69, 9.17) is 5.11 Å². The van der Waals surface area contributed by atoms with Crippen LogP contribution in [0.25, 0.3) is 0 Å². The summed E-state index contributed by atoms with van der Waals surface area (Å²) in [7, 11) is 5.63. The summed E-state index contributed by atoms with van der Waals surface area (Å²) in [5.41, 5.74) is 0.328. The van der Waals surface area contributed by atoms with Crippen molar-refractivity contribution in [1.29, 1.82) is 0 Å². The molecule has 0 fully saturated rings. The number of rotatable bonds is 6. The van der Waals surface area contributed by atoms with E-state index in [-0.39, 0.29) is 17.3 Å². The minimum absolute atomic E-state index is 0.0550.